The van der Waals surface area contributed by atoms with Crippen LogP contribution in [0.2, 0.25) is 0 Å². The second kappa shape index (κ2) is 4.47. The summed E-state index contributed by atoms with van der Waals surface area (Å²) in [5, 5.41) is 0. The molecule has 1 unspecified atom stereocenters. The average Bonchev–Trinajstić information content (AvgIpc) is 2.63. The molecule has 1 atom stereocenters. The van der Waals surface area contributed by atoms with Crippen molar-refractivity contribution in [3.05, 3.63) is 53.6 Å². The van der Waals surface area contributed by atoms with E-state index in [9.17, 15) is 0 Å². The van der Waals surface area contributed by atoms with Gasteiger partial charge in [0.2, 0.25) is 0 Å². The topological polar surface area (TPSA) is 0 Å². The van der Waals surface area contributed by atoms with Crippen LogP contribution in [0.1, 0.15) is 23.5 Å². The van der Waals surface area contributed by atoms with Crippen LogP contribution in [0.4, 0.5) is 0 Å². The van der Waals surface area contributed by atoms with Crippen LogP contribution < -0.4 is 0 Å². The maximum absolute atomic E-state index is 5.58. The van der Waals surface area contributed by atoms with Gasteiger partial charge in [0, 0.05) is 11.8 Å². The first kappa shape index (κ1) is 9.54. The summed E-state index contributed by atoms with van der Waals surface area (Å²) >= 11 is 5.58. The van der Waals surface area contributed by atoms with Crippen molar-refractivity contribution in [3.63, 3.8) is 0 Å². The third-order valence-electron chi connectivity index (χ3n) is 2.48. The van der Waals surface area contributed by atoms with Crippen LogP contribution in [0.5, 0.6) is 0 Å². The molecule has 0 amide bonds. The zero-order valence-electron chi connectivity index (χ0n) is 7.91. The lowest BCUT2D eigenvalue weighted by Crippen LogP contribution is -1.90. The van der Waals surface area contributed by atoms with E-state index in [4.69, 9.17) is 11.6 Å². The zero-order valence-corrected chi connectivity index (χ0v) is 8.67. The minimum absolute atomic E-state index is 0.516. The first-order chi connectivity index (χ1) is 6.92. The third-order valence-corrected chi connectivity index (χ3v) is 2.66. The van der Waals surface area contributed by atoms with Crippen molar-refractivity contribution in [1.29, 1.82) is 0 Å². The lowest BCUT2D eigenvalue weighted by Gasteiger charge is -2.06. The summed E-state index contributed by atoms with van der Waals surface area (Å²) in [7, 11) is 0. The number of benzene rings is 1. The molecule has 1 aliphatic carbocycles. The van der Waals surface area contributed by atoms with E-state index in [-0.39, 0.29) is 0 Å². The summed E-state index contributed by atoms with van der Waals surface area (Å²) in [6.07, 6.45) is 9.61. The molecule has 71 valence electrons. The fourth-order valence-corrected chi connectivity index (χ4v) is 1.89. The molecule has 0 spiro atoms. The molecule has 0 saturated heterocycles. The second-order valence-electron chi connectivity index (χ2n) is 3.38. The smallest absolute Gasteiger partial charge is 0.0404 e. The Bertz CT molecular complexity index is 363. The van der Waals surface area contributed by atoms with Crippen LogP contribution in [0, 0.1) is 6.07 Å². The molecule has 2 rings (SSSR count). The molecular weight excluding hydrogens is 192 g/mol. The largest absolute Gasteiger partial charge is 0.122 e. The number of allylic oxidation sites excluding steroid dienone is 3. The summed E-state index contributed by atoms with van der Waals surface area (Å²) < 4.78 is 0. The zero-order chi connectivity index (χ0) is 9.80. The third kappa shape index (κ3) is 1.91. The molecule has 0 N–H and O–H groups in total. The minimum atomic E-state index is 0.516. The van der Waals surface area contributed by atoms with E-state index >= 15 is 0 Å². The van der Waals surface area contributed by atoms with Crippen molar-refractivity contribution >= 4 is 17.7 Å². The van der Waals surface area contributed by atoms with Gasteiger partial charge in [-0.25, -0.2) is 0 Å². The quantitative estimate of drug-likeness (QED) is 0.518. The van der Waals surface area contributed by atoms with Crippen LogP contribution in [0.25, 0.3) is 6.08 Å². The normalized spacial score (nSPS) is 19.1. The fourth-order valence-electron chi connectivity index (χ4n) is 1.76. The first-order valence-electron chi connectivity index (χ1n) is 4.81. The van der Waals surface area contributed by atoms with Gasteiger partial charge in [-0.15, -0.1) is 11.6 Å². The van der Waals surface area contributed by atoms with Crippen LogP contribution in [0.3, 0.4) is 0 Å². The van der Waals surface area contributed by atoms with Gasteiger partial charge in [0.25, 0.3) is 0 Å². The van der Waals surface area contributed by atoms with Gasteiger partial charge in [0.1, 0.15) is 0 Å². The lowest BCUT2D eigenvalue weighted by atomic mass is 9.98. The van der Waals surface area contributed by atoms with E-state index in [1.165, 1.54) is 11.1 Å². The van der Waals surface area contributed by atoms with Crippen molar-refractivity contribution in [2.24, 2.45) is 0 Å². The Balaban J connectivity index is 2.11. The van der Waals surface area contributed by atoms with E-state index in [0.29, 0.717) is 11.8 Å². The standard InChI is InChI=1S/C13H12Cl/c14-10-4-3-6-12-9-8-11-5-1-2-7-13(11)12/h1,3-5,7-9,12H,6,10H2/b4-3+. The van der Waals surface area contributed by atoms with Crippen molar-refractivity contribution in [3.8, 4) is 0 Å². The van der Waals surface area contributed by atoms with Crippen LogP contribution >= 0.6 is 11.6 Å². The van der Waals surface area contributed by atoms with Crippen LogP contribution in [-0.2, 0) is 0 Å². The van der Waals surface area contributed by atoms with Gasteiger partial charge in [-0.3, -0.25) is 0 Å². The number of hydrogen-bond acceptors (Lipinski definition) is 0. The van der Waals surface area contributed by atoms with E-state index in [2.05, 4.69) is 36.4 Å². The molecule has 0 saturated carbocycles. The van der Waals surface area contributed by atoms with Gasteiger partial charge in [0.05, 0.1) is 0 Å². The highest BCUT2D eigenvalue weighted by Gasteiger charge is 2.14. The Morgan fingerprint density at radius 1 is 1.43 bits per heavy atom. The second-order valence-corrected chi connectivity index (χ2v) is 3.69. The van der Waals surface area contributed by atoms with E-state index < -0.39 is 0 Å². The molecule has 1 aromatic carbocycles. The monoisotopic (exact) mass is 203 g/mol. The summed E-state index contributed by atoms with van der Waals surface area (Å²) in [6, 6.07) is 9.27. The molecule has 0 fully saturated rings. The van der Waals surface area contributed by atoms with Gasteiger partial charge in [-0.1, -0.05) is 36.4 Å². The van der Waals surface area contributed by atoms with Crippen LogP contribution in [-0.4, -0.2) is 5.88 Å². The molecule has 0 aromatic heterocycles. The molecule has 14 heavy (non-hydrogen) atoms. The van der Waals surface area contributed by atoms with Crippen LogP contribution in [0.15, 0.2) is 36.4 Å². The van der Waals surface area contributed by atoms with Gasteiger partial charge in [-0.2, -0.15) is 0 Å². The van der Waals surface area contributed by atoms with E-state index in [0.717, 1.165) is 6.42 Å². The van der Waals surface area contributed by atoms with Gasteiger partial charge in [-0.05, 0) is 29.7 Å². The maximum atomic E-state index is 5.58. The molecule has 1 aromatic rings. The predicted octanol–water partition coefficient (Wildman–Crippen LogP) is 3.78. The predicted molar refractivity (Wildman–Crippen MR) is 61.5 cm³/mol. The highest BCUT2D eigenvalue weighted by Crippen LogP contribution is 2.32. The molecular formula is C13H12Cl. The van der Waals surface area contributed by atoms with Crippen molar-refractivity contribution in [1.82, 2.24) is 0 Å². The van der Waals surface area contributed by atoms with Gasteiger partial charge < -0.3 is 0 Å². The molecule has 1 heteroatoms. The molecule has 1 aliphatic rings. The number of halogens is 1. The molecule has 1 radical (unpaired) electrons. The molecule has 0 bridgehead atoms. The highest BCUT2D eigenvalue weighted by molar-refractivity contribution is 6.18. The highest BCUT2D eigenvalue weighted by atomic mass is 35.5. The van der Waals surface area contributed by atoms with Crippen molar-refractivity contribution in [2.45, 2.75) is 12.3 Å². The van der Waals surface area contributed by atoms with Crippen molar-refractivity contribution in [2.75, 3.05) is 5.88 Å². The molecule has 0 aliphatic heterocycles. The van der Waals surface area contributed by atoms with Gasteiger partial charge in [0.15, 0.2) is 0 Å². The summed E-state index contributed by atoms with van der Waals surface area (Å²) in [6.45, 7) is 0. The Morgan fingerprint density at radius 3 is 3.21 bits per heavy atom. The van der Waals surface area contributed by atoms with Crippen molar-refractivity contribution < 1.29 is 0 Å². The van der Waals surface area contributed by atoms with Gasteiger partial charge >= 0.3 is 0 Å². The van der Waals surface area contributed by atoms with E-state index in [1.807, 2.05) is 12.1 Å². The summed E-state index contributed by atoms with van der Waals surface area (Å²) in [5.74, 6) is 1.12. The SMILES string of the molecule is ClC/C=C/CC1C=Cc2cc[c]cc21. The van der Waals surface area contributed by atoms with E-state index in [1.54, 1.807) is 0 Å². The summed E-state index contributed by atoms with van der Waals surface area (Å²) in [4.78, 5) is 0. The minimum Gasteiger partial charge on any atom is -0.122 e. The summed E-state index contributed by atoms with van der Waals surface area (Å²) in [5.41, 5.74) is 2.71. The number of rotatable bonds is 3. The maximum Gasteiger partial charge on any atom is 0.0404 e. The fraction of sp³-hybridized carbons (Fsp3) is 0.231. The number of fused-ring (bicyclic) bond motifs is 1. The Kier molecular flexibility index (Phi) is 3.05. The average molecular weight is 204 g/mol. The molecule has 0 heterocycles. The lowest BCUT2D eigenvalue weighted by molar-refractivity contribution is 0.878. The number of hydrogen-bond donors (Lipinski definition) is 0. The molecule has 0 nitrogen and oxygen atoms in total. The number of alkyl halides is 1. The first-order valence-corrected chi connectivity index (χ1v) is 5.34. The Hall–Kier alpha value is -1.01. The Morgan fingerprint density at radius 2 is 2.36 bits per heavy atom. The Labute approximate surface area is 89.9 Å².